The molecule has 0 bridgehead atoms. The van der Waals surface area contributed by atoms with E-state index in [9.17, 15) is 64.5 Å². The fraction of sp³-hybridized carbons (Fsp3) is 0.885. The number of aliphatic hydroxyl groups excluding tert-OH is 7. The topological polar surface area (TPSA) is 360 Å². The molecule has 0 saturated carbocycles. The van der Waals surface area contributed by atoms with Crippen molar-refractivity contribution in [1.82, 2.24) is 26.6 Å². The van der Waals surface area contributed by atoms with Gasteiger partial charge in [0, 0.05) is 59.4 Å². The number of esters is 1. The molecule has 11 atom stereocenters. The van der Waals surface area contributed by atoms with Crippen LogP contribution in [0.5, 0.6) is 0 Å². The summed E-state index contributed by atoms with van der Waals surface area (Å²) in [5.74, 6) is -1.41. The number of unbranched alkanes of at least 4 members (excludes halogenated alkanes) is 9. The van der Waals surface area contributed by atoms with E-state index in [4.69, 9.17) is 28.4 Å². The lowest BCUT2D eigenvalue weighted by molar-refractivity contribution is -0.270. The van der Waals surface area contributed by atoms with Crippen LogP contribution in [0, 0.1) is 5.41 Å². The molecule has 5 amide bonds. The number of carbonyl (C=O) groups is 6. The van der Waals surface area contributed by atoms with Crippen LogP contribution in [0.1, 0.15) is 162 Å². The lowest BCUT2D eigenvalue weighted by atomic mass is 9.77. The van der Waals surface area contributed by atoms with E-state index < -0.39 is 92.4 Å². The van der Waals surface area contributed by atoms with Crippen LogP contribution in [-0.4, -0.2) is 199 Å². The fourth-order valence-corrected chi connectivity index (χ4v) is 9.13. The van der Waals surface area contributed by atoms with E-state index in [-0.39, 0.29) is 55.9 Å². The van der Waals surface area contributed by atoms with Crippen LogP contribution in [0.3, 0.4) is 0 Å². The summed E-state index contributed by atoms with van der Waals surface area (Å²) in [6, 6.07) is -2.07. The second-order valence-electron chi connectivity index (χ2n) is 20.3. The number of aliphatic hydroxyl groups is 7. The first-order chi connectivity index (χ1) is 36.4. The van der Waals surface area contributed by atoms with E-state index in [1.54, 1.807) is 0 Å². The van der Waals surface area contributed by atoms with E-state index in [0.29, 0.717) is 58.5 Å². The number of hydrogen-bond acceptors (Lipinski definition) is 19. The van der Waals surface area contributed by atoms with Crippen LogP contribution in [0.2, 0.25) is 0 Å². The van der Waals surface area contributed by atoms with Gasteiger partial charge in [-0.25, -0.2) is 4.79 Å². The summed E-state index contributed by atoms with van der Waals surface area (Å²) in [7, 11) is 0. The van der Waals surface area contributed by atoms with Gasteiger partial charge in [-0.1, -0.05) is 51.9 Å². The quantitative estimate of drug-likeness (QED) is 0.0299. The molecule has 0 radical (unpaired) electrons. The summed E-state index contributed by atoms with van der Waals surface area (Å²) in [6.07, 6.45) is 5.18. The van der Waals surface area contributed by atoms with Gasteiger partial charge >= 0.3 is 12.1 Å². The normalized spacial score (nSPS) is 24.2. The Bertz CT molecular complexity index is 1640. The Hall–Kier alpha value is -3.82. The molecule has 0 aromatic carbocycles. The predicted molar refractivity (Wildman–Crippen MR) is 276 cm³/mol. The van der Waals surface area contributed by atoms with E-state index in [1.165, 1.54) is 13.8 Å². The number of amides is 5. The van der Waals surface area contributed by atoms with E-state index in [1.807, 2.05) is 0 Å². The average molecular weight is 1090 g/mol. The minimum absolute atomic E-state index is 0.00688. The van der Waals surface area contributed by atoms with Gasteiger partial charge in [0.1, 0.15) is 48.7 Å². The molecule has 76 heavy (non-hydrogen) atoms. The highest BCUT2D eigenvalue weighted by Gasteiger charge is 2.46. The Kier molecular flexibility index (Phi) is 36.3. The minimum Gasteiger partial charge on any atom is -0.466 e. The molecule has 0 aromatic heterocycles. The van der Waals surface area contributed by atoms with Gasteiger partial charge in [0.2, 0.25) is 23.6 Å². The van der Waals surface area contributed by atoms with Crippen LogP contribution < -0.4 is 26.6 Å². The lowest BCUT2D eigenvalue weighted by Gasteiger charge is -2.42. The molecule has 2 rings (SSSR count). The molecule has 442 valence electrons. The third-order valence-corrected chi connectivity index (χ3v) is 13.5. The summed E-state index contributed by atoms with van der Waals surface area (Å²) in [5, 5.41) is 82.8. The molecule has 2 heterocycles. The van der Waals surface area contributed by atoms with Crippen LogP contribution in [-0.2, 0) is 52.4 Å². The summed E-state index contributed by atoms with van der Waals surface area (Å²) in [5.41, 5.74) is -0.00688. The van der Waals surface area contributed by atoms with E-state index in [2.05, 4.69) is 33.5 Å². The number of ether oxygens (including phenoxy) is 6. The van der Waals surface area contributed by atoms with Gasteiger partial charge in [0.25, 0.3) is 0 Å². The minimum atomic E-state index is -1.40. The SMILES string of the molecule is CC(=O)NC1C(OCCCC(=O)NCCCCCCCC(=O)OCCCC(C)(CCCO)CCCCCOC(=O)NCCCCCCNC(=O)CCCOC2OC(CO)C(O)C(O)C2NC(C)=O)OC(CO)C(O)C1O. The van der Waals surface area contributed by atoms with Gasteiger partial charge in [-0.2, -0.15) is 0 Å². The number of rotatable bonds is 42. The largest absolute Gasteiger partial charge is 0.466 e. The first kappa shape index (κ1) is 68.3. The molecule has 2 aliphatic rings. The van der Waals surface area contributed by atoms with Crippen molar-refractivity contribution in [3.05, 3.63) is 0 Å². The van der Waals surface area contributed by atoms with Gasteiger partial charge in [0.15, 0.2) is 12.6 Å². The maximum atomic E-state index is 12.4. The zero-order valence-electron chi connectivity index (χ0n) is 45.4. The summed E-state index contributed by atoms with van der Waals surface area (Å²) >= 11 is 0. The Morgan fingerprint density at radius 2 is 0.908 bits per heavy atom. The number of alkyl carbamates (subject to hydrolysis) is 1. The smallest absolute Gasteiger partial charge is 0.407 e. The first-order valence-corrected chi connectivity index (χ1v) is 27.7. The van der Waals surface area contributed by atoms with Gasteiger partial charge in [0.05, 0.1) is 39.6 Å². The molecular formula is C52H95N5O19. The van der Waals surface area contributed by atoms with Crippen molar-refractivity contribution in [2.45, 2.75) is 223 Å². The van der Waals surface area contributed by atoms with Crippen LogP contribution in [0.25, 0.3) is 0 Å². The van der Waals surface area contributed by atoms with Crippen molar-refractivity contribution in [2.75, 3.05) is 65.9 Å². The van der Waals surface area contributed by atoms with Crippen LogP contribution >= 0.6 is 0 Å². The third-order valence-electron chi connectivity index (χ3n) is 13.5. The molecule has 2 saturated heterocycles. The van der Waals surface area contributed by atoms with Gasteiger partial charge in [-0.15, -0.1) is 0 Å². The summed E-state index contributed by atoms with van der Waals surface area (Å²) in [4.78, 5) is 72.3. The number of nitrogens with one attached hydrogen (secondary N) is 5. The summed E-state index contributed by atoms with van der Waals surface area (Å²) < 4.78 is 33.2. The molecule has 0 aliphatic carbocycles. The highest BCUT2D eigenvalue weighted by molar-refractivity contribution is 5.76. The zero-order valence-corrected chi connectivity index (χ0v) is 45.4. The highest BCUT2D eigenvalue weighted by Crippen LogP contribution is 2.35. The standard InChI is InChI=1S/C52H95N5O19/c1-36(61)56-43-47(68)45(66)38(34-59)75-49(43)72-31-16-20-40(63)53-26-12-6-4-5-10-22-42(65)71-33-19-25-52(3,24-18-29-58)23-11-9-15-30-74-51(70)55-28-14-8-7-13-27-54-41(64)21-17-32-73-50-44(57-37(2)62)48(69)46(67)39(35-60)76-50/h38-39,43-50,58-60,66-69H,4-35H2,1-3H3,(H,53,63)(H,54,64)(H,55,70)(H,56,61)(H,57,62). The molecule has 12 N–H and O–H groups in total. The Balaban J connectivity index is 1.43. The van der Waals surface area contributed by atoms with Crippen molar-refractivity contribution in [3.63, 3.8) is 0 Å². The van der Waals surface area contributed by atoms with Crippen molar-refractivity contribution < 1.29 is 92.9 Å². The van der Waals surface area contributed by atoms with Crippen molar-refractivity contribution in [2.24, 2.45) is 5.41 Å². The van der Waals surface area contributed by atoms with Gasteiger partial charge in [-0.05, 0) is 82.5 Å². The fourth-order valence-electron chi connectivity index (χ4n) is 9.13. The molecule has 24 heteroatoms. The molecular weight excluding hydrogens is 999 g/mol. The third kappa shape index (κ3) is 29.2. The number of hydrogen-bond donors (Lipinski definition) is 12. The zero-order chi connectivity index (χ0) is 56.1. The van der Waals surface area contributed by atoms with E-state index >= 15 is 0 Å². The van der Waals surface area contributed by atoms with Crippen LogP contribution in [0.4, 0.5) is 4.79 Å². The van der Waals surface area contributed by atoms with Crippen molar-refractivity contribution >= 4 is 35.7 Å². The predicted octanol–water partition coefficient (Wildman–Crippen LogP) is 0.990. The highest BCUT2D eigenvalue weighted by atomic mass is 16.7. The first-order valence-electron chi connectivity index (χ1n) is 27.7. The molecule has 2 aliphatic heterocycles. The lowest BCUT2D eigenvalue weighted by Crippen LogP contribution is -2.64. The van der Waals surface area contributed by atoms with Gasteiger partial charge < -0.3 is 90.8 Å². The maximum Gasteiger partial charge on any atom is 0.407 e. The summed E-state index contributed by atoms with van der Waals surface area (Å²) in [6.45, 7) is 6.11. The molecule has 0 aromatic rings. The Morgan fingerprint density at radius 3 is 1.39 bits per heavy atom. The van der Waals surface area contributed by atoms with E-state index in [0.717, 1.165) is 103 Å². The monoisotopic (exact) mass is 1090 g/mol. The van der Waals surface area contributed by atoms with Crippen molar-refractivity contribution in [1.29, 1.82) is 0 Å². The van der Waals surface area contributed by atoms with Crippen molar-refractivity contribution in [3.8, 4) is 0 Å². The second kappa shape index (κ2) is 40.4. The average Bonchev–Trinajstić information content (AvgIpc) is 3.38. The van der Waals surface area contributed by atoms with Gasteiger partial charge in [-0.3, -0.25) is 24.0 Å². The molecule has 11 unspecified atom stereocenters. The molecule has 0 spiro atoms. The van der Waals surface area contributed by atoms with Crippen LogP contribution in [0.15, 0.2) is 0 Å². The second-order valence-corrected chi connectivity index (χ2v) is 20.3. The Morgan fingerprint density at radius 1 is 0.474 bits per heavy atom. The molecule has 2 fully saturated rings. The number of carbonyl (C=O) groups excluding carboxylic acids is 6. The maximum absolute atomic E-state index is 12.4. The Labute approximate surface area is 448 Å². The molecule has 24 nitrogen and oxygen atoms in total.